The van der Waals surface area contributed by atoms with Crippen LogP contribution in [0.1, 0.15) is 22.6 Å². The number of alkyl halides is 3. The zero-order valence-electron chi connectivity index (χ0n) is 11.4. The number of rotatable bonds is 3. The van der Waals surface area contributed by atoms with Gasteiger partial charge in [-0.05, 0) is 0 Å². The van der Waals surface area contributed by atoms with Gasteiger partial charge in [-0.1, -0.05) is 11.8 Å². The zero-order chi connectivity index (χ0) is 15.9. The summed E-state index contributed by atoms with van der Waals surface area (Å²) in [6.07, 6.45) is -3.36. The summed E-state index contributed by atoms with van der Waals surface area (Å²) in [6.45, 7) is 0. The van der Waals surface area contributed by atoms with Crippen LogP contribution < -0.4 is 5.56 Å². The van der Waals surface area contributed by atoms with Crippen molar-refractivity contribution in [2.75, 3.05) is 0 Å². The highest BCUT2D eigenvalue weighted by Crippen LogP contribution is 2.33. The fourth-order valence-electron chi connectivity index (χ4n) is 2.11. The van der Waals surface area contributed by atoms with Gasteiger partial charge in [0.15, 0.2) is 10.9 Å². The molecule has 0 saturated heterocycles. The van der Waals surface area contributed by atoms with Gasteiger partial charge in [-0.15, -0.1) is 0 Å². The second-order valence-corrected chi connectivity index (χ2v) is 6.68. The van der Waals surface area contributed by atoms with Crippen LogP contribution in [-0.4, -0.2) is 19.5 Å². The van der Waals surface area contributed by atoms with Gasteiger partial charge in [0.25, 0.3) is 5.56 Å². The summed E-state index contributed by atoms with van der Waals surface area (Å²) in [7, 11) is 1.51. The number of aromatic nitrogens is 4. The molecule has 0 radical (unpaired) electrons. The maximum Gasteiger partial charge on any atom is 0.435 e. The number of imidazole rings is 1. The first-order valence-corrected chi connectivity index (χ1v) is 8.40. The van der Waals surface area contributed by atoms with E-state index in [-0.39, 0.29) is 17.0 Å². The Labute approximate surface area is 131 Å². The number of H-pyrrole nitrogens is 1. The molecule has 10 heteroatoms. The van der Waals surface area contributed by atoms with Crippen molar-refractivity contribution in [1.82, 2.24) is 19.5 Å². The van der Waals surface area contributed by atoms with Crippen molar-refractivity contribution in [3.8, 4) is 0 Å². The van der Waals surface area contributed by atoms with Crippen LogP contribution in [0.3, 0.4) is 0 Å². The van der Waals surface area contributed by atoms with Crippen LogP contribution in [0, 0.1) is 0 Å². The monoisotopic (exact) mass is 348 g/mol. The third kappa shape index (κ3) is 2.89. The Morgan fingerprint density at radius 1 is 1.45 bits per heavy atom. The molecule has 1 aliphatic rings. The summed E-state index contributed by atoms with van der Waals surface area (Å²) in [5.74, 6) is 1.31. The number of hydrogen-bond donors (Lipinski definition) is 1. The predicted molar refractivity (Wildman–Crippen MR) is 77.6 cm³/mol. The summed E-state index contributed by atoms with van der Waals surface area (Å²) >= 11 is 2.66. The first kappa shape index (κ1) is 15.5. The van der Waals surface area contributed by atoms with Gasteiger partial charge < -0.3 is 9.55 Å². The molecular weight excluding hydrogens is 337 g/mol. The van der Waals surface area contributed by atoms with E-state index in [2.05, 4.69) is 15.0 Å². The predicted octanol–water partition coefficient (Wildman–Crippen LogP) is 2.56. The van der Waals surface area contributed by atoms with Crippen LogP contribution in [0.5, 0.6) is 0 Å². The lowest BCUT2D eigenvalue weighted by Gasteiger charge is -2.08. The maximum atomic E-state index is 12.9. The molecule has 1 N–H and O–H groups in total. The lowest BCUT2D eigenvalue weighted by Crippen LogP contribution is -2.15. The van der Waals surface area contributed by atoms with Gasteiger partial charge in [0.1, 0.15) is 0 Å². The fourth-order valence-corrected chi connectivity index (χ4v) is 4.10. The van der Waals surface area contributed by atoms with Crippen molar-refractivity contribution in [2.45, 2.75) is 28.6 Å². The Hall–Kier alpha value is -1.42. The Kier molecular flexibility index (Phi) is 3.98. The van der Waals surface area contributed by atoms with Crippen LogP contribution in [0.4, 0.5) is 13.2 Å². The average molecular weight is 348 g/mol. The number of thioether (sulfide) groups is 2. The molecule has 3 heterocycles. The van der Waals surface area contributed by atoms with E-state index in [4.69, 9.17) is 0 Å². The lowest BCUT2D eigenvalue weighted by atomic mass is 10.3. The summed E-state index contributed by atoms with van der Waals surface area (Å²) in [4.78, 5) is 22.2. The summed E-state index contributed by atoms with van der Waals surface area (Å²) in [5.41, 5.74) is 0.318. The Morgan fingerprint density at radius 3 is 2.95 bits per heavy atom. The van der Waals surface area contributed by atoms with Crippen molar-refractivity contribution in [2.24, 2.45) is 7.05 Å². The van der Waals surface area contributed by atoms with E-state index in [1.807, 2.05) is 0 Å². The normalized spacial score (nSPS) is 14.4. The molecule has 0 unspecified atom stereocenters. The SMILES string of the molecule is Cn1cnc(C(F)(F)F)c1CSc1nc2c(c(=O)[nH]1)CSC2. The third-order valence-corrected chi connectivity index (χ3v) is 5.09. The largest absolute Gasteiger partial charge is 0.435 e. The van der Waals surface area contributed by atoms with Crippen molar-refractivity contribution < 1.29 is 13.2 Å². The minimum atomic E-state index is -4.49. The van der Waals surface area contributed by atoms with Gasteiger partial charge in [-0.3, -0.25) is 4.79 Å². The van der Waals surface area contributed by atoms with Gasteiger partial charge in [-0.25, -0.2) is 9.97 Å². The smallest absolute Gasteiger partial charge is 0.336 e. The topological polar surface area (TPSA) is 63.6 Å². The van der Waals surface area contributed by atoms with E-state index >= 15 is 0 Å². The van der Waals surface area contributed by atoms with Crippen molar-refractivity contribution >= 4 is 23.5 Å². The number of halogens is 3. The van der Waals surface area contributed by atoms with E-state index in [9.17, 15) is 18.0 Å². The molecule has 22 heavy (non-hydrogen) atoms. The molecular formula is C12H11F3N4OS2. The molecule has 0 fully saturated rings. The first-order valence-electron chi connectivity index (χ1n) is 6.26. The highest BCUT2D eigenvalue weighted by Gasteiger charge is 2.37. The van der Waals surface area contributed by atoms with Gasteiger partial charge >= 0.3 is 6.18 Å². The highest BCUT2D eigenvalue weighted by atomic mass is 32.2. The Balaban J connectivity index is 1.84. The minimum Gasteiger partial charge on any atom is -0.336 e. The minimum absolute atomic E-state index is 0.0280. The van der Waals surface area contributed by atoms with Crippen LogP contribution >= 0.6 is 23.5 Å². The molecule has 0 aliphatic carbocycles. The maximum absolute atomic E-state index is 12.9. The fraction of sp³-hybridized carbons (Fsp3) is 0.417. The van der Waals surface area contributed by atoms with Gasteiger partial charge in [0, 0.05) is 29.9 Å². The summed E-state index contributed by atoms with van der Waals surface area (Å²) in [5, 5.41) is 0.334. The number of nitrogens with one attached hydrogen (secondary N) is 1. The molecule has 3 rings (SSSR count). The molecule has 0 aromatic carbocycles. The van der Waals surface area contributed by atoms with E-state index < -0.39 is 11.9 Å². The molecule has 1 aliphatic heterocycles. The molecule has 0 atom stereocenters. The number of aromatic amines is 1. The molecule has 0 saturated carbocycles. The van der Waals surface area contributed by atoms with Crippen LogP contribution in [0.15, 0.2) is 16.3 Å². The van der Waals surface area contributed by atoms with Crippen molar-refractivity contribution in [1.29, 1.82) is 0 Å². The highest BCUT2D eigenvalue weighted by molar-refractivity contribution is 7.98. The summed E-state index contributed by atoms with van der Waals surface area (Å²) in [6, 6.07) is 0. The Bertz CT molecular complexity index is 769. The second-order valence-electron chi connectivity index (χ2n) is 4.73. The van der Waals surface area contributed by atoms with Gasteiger partial charge in [0.05, 0.1) is 17.7 Å². The molecule has 0 spiro atoms. The van der Waals surface area contributed by atoms with Crippen molar-refractivity contribution in [3.63, 3.8) is 0 Å². The number of nitrogens with zero attached hydrogens (tertiary/aromatic N) is 3. The van der Waals surface area contributed by atoms with Crippen LogP contribution in [0.25, 0.3) is 0 Å². The van der Waals surface area contributed by atoms with Gasteiger partial charge in [0.2, 0.25) is 0 Å². The Morgan fingerprint density at radius 2 is 2.23 bits per heavy atom. The van der Waals surface area contributed by atoms with Crippen LogP contribution in [-0.2, 0) is 30.5 Å². The molecule has 0 bridgehead atoms. The van der Waals surface area contributed by atoms with Gasteiger partial charge in [-0.2, -0.15) is 24.9 Å². The van der Waals surface area contributed by atoms with E-state index in [1.165, 1.54) is 11.6 Å². The quantitative estimate of drug-likeness (QED) is 0.682. The lowest BCUT2D eigenvalue weighted by molar-refractivity contribution is -0.141. The first-order chi connectivity index (χ1) is 10.4. The van der Waals surface area contributed by atoms with E-state index in [0.717, 1.165) is 23.8 Å². The van der Waals surface area contributed by atoms with Crippen LogP contribution in [0.2, 0.25) is 0 Å². The number of fused-ring (bicyclic) bond motifs is 1. The molecule has 5 nitrogen and oxygen atoms in total. The standard InChI is InChI=1S/C12H11F3N4OS2/c1-19-5-16-9(12(13,14)15)8(19)4-22-11-17-7-3-21-2-6(7)10(20)18-11/h5H,2-4H2,1H3,(H,17,18,20). The average Bonchev–Trinajstić information content (AvgIpc) is 3.02. The molecule has 2 aromatic rings. The summed E-state index contributed by atoms with van der Waals surface area (Å²) < 4.78 is 39.9. The van der Waals surface area contributed by atoms with E-state index in [1.54, 1.807) is 11.8 Å². The third-order valence-electron chi connectivity index (χ3n) is 3.24. The second kappa shape index (κ2) is 5.65. The zero-order valence-corrected chi connectivity index (χ0v) is 13.0. The number of hydrogen-bond acceptors (Lipinski definition) is 5. The molecule has 118 valence electrons. The number of aryl methyl sites for hydroxylation is 1. The van der Waals surface area contributed by atoms with Crippen molar-refractivity contribution in [3.05, 3.63) is 39.3 Å². The molecule has 0 amide bonds. The molecule has 2 aromatic heterocycles. The van der Waals surface area contributed by atoms with E-state index in [0.29, 0.717) is 22.2 Å².